The fraction of sp³-hybridized carbons (Fsp3) is 0.207. The first-order valence-electron chi connectivity index (χ1n) is 12.2. The van der Waals surface area contributed by atoms with Crippen LogP contribution in [0.15, 0.2) is 77.3 Å². The second-order valence-electron chi connectivity index (χ2n) is 9.44. The first kappa shape index (κ1) is 26.2. The maximum absolute atomic E-state index is 12.3. The van der Waals surface area contributed by atoms with Crippen LogP contribution in [0.1, 0.15) is 42.9 Å². The zero-order valence-electron chi connectivity index (χ0n) is 21.0. The SMILES string of the molecule is Cc1cc(N2C(=S)N[C@H](c3ccccn3)[C@@H]2c2ccc(-c3cccc(Cl)c3Cl)o2)ccc1NC(=O)C(C)C. The van der Waals surface area contributed by atoms with Gasteiger partial charge in [-0.1, -0.05) is 49.2 Å². The van der Waals surface area contributed by atoms with Gasteiger partial charge in [-0.2, -0.15) is 0 Å². The molecule has 0 saturated carbocycles. The number of nitrogens with one attached hydrogen (secondary N) is 2. The summed E-state index contributed by atoms with van der Waals surface area (Å²) in [6, 6.07) is 20.3. The molecule has 0 bridgehead atoms. The van der Waals surface area contributed by atoms with Crippen molar-refractivity contribution < 1.29 is 9.21 Å². The Balaban J connectivity index is 1.56. The molecule has 0 spiro atoms. The number of hydrogen-bond acceptors (Lipinski definition) is 4. The number of amides is 1. The molecule has 1 aliphatic rings. The lowest BCUT2D eigenvalue weighted by Crippen LogP contribution is -2.29. The van der Waals surface area contributed by atoms with Crippen LogP contribution in [-0.2, 0) is 4.79 Å². The van der Waals surface area contributed by atoms with E-state index >= 15 is 0 Å². The summed E-state index contributed by atoms with van der Waals surface area (Å²) in [5.74, 6) is 1.14. The standard InChI is InChI=1S/C29H26Cl2N4O2S/c1-16(2)28(36)33-21-11-10-18(15-17(21)3)35-27(26(34-29(35)38)22-9-4-5-14-32-22)24-13-12-23(37-24)19-7-6-8-20(30)25(19)31/h4-16,26-27H,1-3H3,(H,33,36)(H,34,38)/t26-,27+/m1/s1. The average molecular weight is 566 g/mol. The van der Waals surface area contributed by atoms with Crippen molar-refractivity contribution in [1.82, 2.24) is 10.3 Å². The van der Waals surface area contributed by atoms with Crippen LogP contribution in [0.25, 0.3) is 11.3 Å². The molecule has 3 heterocycles. The maximum atomic E-state index is 12.3. The van der Waals surface area contributed by atoms with E-state index in [0.717, 1.165) is 22.6 Å². The minimum Gasteiger partial charge on any atom is -0.459 e. The molecule has 2 N–H and O–H groups in total. The molecule has 2 atom stereocenters. The summed E-state index contributed by atoms with van der Waals surface area (Å²) in [7, 11) is 0. The third-order valence-corrected chi connectivity index (χ3v) is 7.64. The van der Waals surface area contributed by atoms with Gasteiger partial charge in [0.2, 0.25) is 5.91 Å². The van der Waals surface area contributed by atoms with Crippen LogP contribution in [0, 0.1) is 12.8 Å². The van der Waals surface area contributed by atoms with Crippen molar-refractivity contribution in [2.45, 2.75) is 32.9 Å². The molecule has 0 aliphatic carbocycles. The molecule has 1 aliphatic heterocycles. The molecule has 0 radical (unpaired) electrons. The number of nitrogens with zero attached hydrogens (tertiary/aromatic N) is 2. The molecule has 1 amide bonds. The number of aromatic nitrogens is 1. The van der Waals surface area contributed by atoms with Crippen LogP contribution in [0.4, 0.5) is 11.4 Å². The lowest BCUT2D eigenvalue weighted by atomic mass is 10.0. The molecule has 4 aromatic rings. The van der Waals surface area contributed by atoms with Crippen LogP contribution in [0.3, 0.4) is 0 Å². The summed E-state index contributed by atoms with van der Waals surface area (Å²) in [5, 5.41) is 7.86. The Kier molecular flexibility index (Phi) is 7.43. The number of thiocarbonyl (C=S) groups is 1. The molecular formula is C29H26Cl2N4O2S. The number of rotatable bonds is 6. The summed E-state index contributed by atoms with van der Waals surface area (Å²) in [6.07, 6.45) is 1.76. The van der Waals surface area contributed by atoms with Crippen LogP contribution in [0.5, 0.6) is 0 Å². The zero-order chi connectivity index (χ0) is 27.0. The molecule has 194 valence electrons. The average Bonchev–Trinajstić information content (AvgIpc) is 3.52. The van der Waals surface area contributed by atoms with Gasteiger partial charge in [-0.3, -0.25) is 9.78 Å². The predicted octanol–water partition coefficient (Wildman–Crippen LogP) is 7.73. The largest absolute Gasteiger partial charge is 0.459 e. The van der Waals surface area contributed by atoms with Crippen molar-refractivity contribution in [1.29, 1.82) is 0 Å². The second kappa shape index (κ2) is 10.8. The van der Waals surface area contributed by atoms with Gasteiger partial charge in [0.05, 0.1) is 21.8 Å². The van der Waals surface area contributed by atoms with Crippen molar-refractivity contribution in [3.8, 4) is 11.3 Å². The monoisotopic (exact) mass is 564 g/mol. The van der Waals surface area contributed by atoms with E-state index in [0.29, 0.717) is 32.2 Å². The second-order valence-corrected chi connectivity index (χ2v) is 10.6. The van der Waals surface area contributed by atoms with Gasteiger partial charge in [-0.15, -0.1) is 0 Å². The maximum Gasteiger partial charge on any atom is 0.226 e. The predicted molar refractivity (Wildman–Crippen MR) is 157 cm³/mol. The molecular weight excluding hydrogens is 539 g/mol. The van der Waals surface area contributed by atoms with Crippen LogP contribution in [0.2, 0.25) is 10.0 Å². The number of pyridine rings is 1. The number of aryl methyl sites for hydroxylation is 1. The van der Waals surface area contributed by atoms with Gasteiger partial charge in [-0.25, -0.2) is 0 Å². The van der Waals surface area contributed by atoms with Gasteiger partial charge >= 0.3 is 0 Å². The summed E-state index contributed by atoms with van der Waals surface area (Å²) in [4.78, 5) is 18.9. The van der Waals surface area contributed by atoms with E-state index in [4.69, 9.17) is 39.8 Å². The van der Waals surface area contributed by atoms with Crippen LogP contribution >= 0.6 is 35.4 Å². The molecule has 2 aromatic heterocycles. The van der Waals surface area contributed by atoms with Crippen molar-refractivity contribution >= 4 is 57.8 Å². The van der Waals surface area contributed by atoms with E-state index in [-0.39, 0.29) is 23.9 Å². The van der Waals surface area contributed by atoms with E-state index in [2.05, 4.69) is 15.6 Å². The van der Waals surface area contributed by atoms with Crippen molar-refractivity contribution in [3.05, 3.63) is 100.0 Å². The minimum atomic E-state index is -0.334. The molecule has 1 fully saturated rings. The van der Waals surface area contributed by atoms with Gasteiger partial charge in [0.15, 0.2) is 5.11 Å². The summed E-state index contributed by atoms with van der Waals surface area (Å²) >= 11 is 18.6. The lowest BCUT2D eigenvalue weighted by molar-refractivity contribution is -0.118. The third-order valence-electron chi connectivity index (χ3n) is 6.50. The highest BCUT2D eigenvalue weighted by Gasteiger charge is 2.42. The normalized spacial score (nSPS) is 17.1. The highest BCUT2D eigenvalue weighted by molar-refractivity contribution is 7.80. The first-order valence-corrected chi connectivity index (χ1v) is 13.4. The van der Waals surface area contributed by atoms with Gasteiger partial charge in [0, 0.05) is 29.1 Å². The quantitative estimate of drug-likeness (QED) is 0.233. The van der Waals surface area contributed by atoms with E-state index in [1.807, 2.05) is 86.3 Å². The molecule has 6 nitrogen and oxygen atoms in total. The van der Waals surface area contributed by atoms with Gasteiger partial charge in [-0.05, 0) is 79.3 Å². The Morgan fingerprint density at radius 3 is 2.63 bits per heavy atom. The fourth-order valence-corrected chi connectivity index (χ4v) is 5.23. The minimum absolute atomic E-state index is 0.0323. The number of hydrogen-bond donors (Lipinski definition) is 2. The molecule has 2 aromatic carbocycles. The Morgan fingerprint density at radius 2 is 1.92 bits per heavy atom. The Labute approximate surface area is 237 Å². The molecule has 0 unspecified atom stereocenters. The molecule has 38 heavy (non-hydrogen) atoms. The van der Waals surface area contributed by atoms with Crippen molar-refractivity contribution in [2.24, 2.45) is 5.92 Å². The van der Waals surface area contributed by atoms with Crippen LogP contribution in [-0.4, -0.2) is 16.0 Å². The van der Waals surface area contributed by atoms with Gasteiger partial charge < -0.3 is 20.0 Å². The fourth-order valence-electron chi connectivity index (χ4n) is 4.49. The highest BCUT2D eigenvalue weighted by atomic mass is 35.5. The highest BCUT2D eigenvalue weighted by Crippen LogP contribution is 2.44. The van der Waals surface area contributed by atoms with E-state index in [9.17, 15) is 4.79 Å². The number of anilines is 2. The zero-order valence-corrected chi connectivity index (χ0v) is 23.4. The van der Waals surface area contributed by atoms with Gasteiger partial charge in [0.1, 0.15) is 17.6 Å². The first-order chi connectivity index (χ1) is 18.2. The number of carbonyl (C=O) groups is 1. The molecule has 1 saturated heterocycles. The van der Waals surface area contributed by atoms with E-state index in [1.54, 1.807) is 12.3 Å². The Hall–Kier alpha value is -3.39. The van der Waals surface area contributed by atoms with E-state index in [1.165, 1.54) is 0 Å². The van der Waals surface area contributed by atoms with Gasteiger partial charge in [0.25, 0.3) is 0 Å². The van der Waals surface area contributed by atoms with E-state index < -0.39 is 0 Å². The van der Waals surface area contributed by atoms with Crippen molar-refractivity contribution in [3.63, 3.8) is 0 Å². The smallest absolute Gasteiger partial charge is 0.226 e. The number of benzene rings is 2. The van der Waals surface area contributed by atoms with Crippen LogP contribution < -0.4 is 15.5 Å². The summed E-state index contributed by atoms with van der Waals surface area (Å²) in [6.45, 7) is 5.69. The lowest BCUT2D eigenvalue weighted by Gasteiger charge is -2.27. The molecule has 5 rings (SSSR count). The molecule has 9 heteroatoms. The number of carbonyl (C=O) groups excluding carboxylic acids is 1. The topological polar surface area (TPSA) is 70.4 Å². The Bertz CT molecular complexity index is 1510. The van der Waals surface area contributed by atoms with Crippen molar-refractivity contribution in [2.75, 3.05) is 10.2 Å². The summed E-state index contributed by atoms with van der Waals surface area (Å²) < 4.78 is 6.41. The third kappa shape index (κ3) is 5.01. The Morgan fingerprint density at radius 1 is 1.11 bits per heavy atom. The summed E-state index contributed by atoms with van der Waals surface area (Å²) in [5.41, 5.74) is 4.09. The number of furan rings is 1. The number of halogens is 2.